The van der Waals surface area contributed by atoms with Crippen molar-refractivity contribution in [3.63, 3.8) is 0 Å². The predicted octanol–water partition coefficient (Wildman–Crippen LogP) is 2.81. The van der Waals surface area contributed by atoms with E-state index in [-0.39, 0.29) is 4.47 Å². The molecule has 0 amide bonds. The Bertz CT molecular complexity index is 500. The molecule has 0 aromatic heterocycles. The third-order valence-electron chi connectivity index (χ3n) is 3.36. The van der Waals surface area contributed by atoms with Gasteiger partial charge in [-0.25, -0.2) is 4.39 Å². The van der Waals surface area contributed by atoms with Gasteiger partial charge in [-0.05, 0) is 47.8 Å². The molecule has 18 heavy (non-hydrogen) atoms. The van der Waals surface area contributed by atoms with Crippen LogP contribution in [0.1, 0.15) is 25.3 Å². The Kier molecular flexibility index (Phi) is 3.60. The largest absolute Gasteiger partial charge is 0.390 e. The van der Waals surface area contributed by atoms with E-state index in [1.165, 1.54) is 0 Å². The van der Waals surface area contributed by atoms with Gasteiger partial charge in [-0.2, -0.15) is 5.26 Å². The maximum absolute atomic E-state index is 14.1. The van der Waals surface area contributed by atoms with Crippen LogP contribution in [0.4, 0.5) is 10.1 Å². The minimum absolute atomic E-state index is 0.208. The smallest absolute Gasteiger partial charge is 0.161 e. The topological polar surface area (TPSA) is 47.3 Å². The van der Waals surface area contributed by atoms with E-state index in [1.807, 2.05) is 11.0 Å². The molecular weight excluding hydrogens is 299 g/mol. The Balaban J connectivity index is 2.26. The molecule has 96 valence electrons. The summed E-state index contributed by atoms with van der Waals surface area (Å²) < 4.78 is 14.3. The molecule has 1 aromatic carbocycles. The van der Waals surface area contributed by atoms with Gasteiger partial charge < -0.3 is 10.0 Å². The Hall–Kier alpha value is -1.12. The minimum Gasteiger partial charge on any atom is -0.390 e. The van der Waals surface area contributed by atoms with Crippen molar-refractivity contribution < 1.29 is 9.50 Å². The highest BCUT2D eigenvalue weighted by atomic mass is 79.9. The maximum Gasteiger partial charge on any atom is 0.161 e. The first-order valence-corrected chi connectivity index (χ1v) is 6.59. The highest BCUT2D eigenvalue weighted by Gasteiger charge is 2.29. The van der Waals surface area contributed by atoms with Crippen molar-refractivity contribution in [3.8, 4) is 6.07 Å². The standard InChI is InChI=1S/C13H14BrFN2O/c1-13(18)4-6-17(7-5-13)10-3-2-9(8-16)11(14)12(10)15/h2-3,18H,4-7H2,1H3. The number of rotatable bonds is 1. The highest BCUT2D eigenvalue weighted by molar-refractivity contribution is 9.10. The second kappa shape index (κ2) is 4.87. The molecule has 1 aliphatic rings. The molecule has 0 aliphatic carbocycles. The van der Waals surface area contributed by atoms with Crippen molar-refractivity contribution in [1.82, 2.24) is 0 Å². The van der Waals surface area contributed by atoms with Gasteiger partial charge in [-0.15, -0.1) is 0 Å². The van der Waals surface area contributed by atoms with Crippen LogP contribution < -0.4 is 4.90 Å². The third kappa shape index (κ3) is 2.50. The summed E-state index contributed by atoms with van der Waals surface area (Å²) in [6.07, 6.45) is 1.23. The Labute approximate surface area is 114 Å². The number of benzene rings is 1. The molecule has 5 heteroatoms. The SMILES string of the molecule is CC1(O)CCN(c2ccc(C#N)c(Br)c2F)CC1. The van der Waals surface area contributed by atoms with E-state index < -0.39 is 11.4 Å². The fraction of sp³-hybridized carbons (Fsp3) is 0.462. The highest BCUT2D eigenvalue weighted by Crippen LogP contribution is 2.32. The summed E-state index contributed by atoms with van der Waals surface area (Å²) in [6, 6.07) is 5.16. The molecule has 1 aliphatic heterocycles. The zero-order chi connectivity index (χ0) is 13.3. The van der Waals surface area contributed by atoms with Gasteiger partial charge in [-0.1, -0.05) is 0 Å². The van der Waals surface area contributed by atoms with Gasteiger partial charge in [0.05, 0.1) is 21.3 Å². The Morgan fingerprint density at radius 3 is 2.61 bits per heavy atom. The summed E-state index contributed by atoms with van der Waals surface area (Å²) in [7, 11) is 0. The molecular formula is C13H14BrFN2O. The number of nitrogens with zero attached hydrogens (tertiary/aromatic N) is 2. The number of hydrogen-bond donors (Lipinski definition) is 1. The van der Waals surface area contributed by atoms with Gasteiger partial charge in [0.1, 0.15) is 6.07 Å². The quantitative estimate of drug-likeness (QED) is 0.867. The molecule has 0 saturated carbocycles. The van der Waals surface area contributed by atoms with Crippen LogP contribution >= 0.6 is 15.9 Å². The molecule has 0 spiro atoms. The van der Waals surface area contributed by atoms with Crippen LogP contribution in [-0.4, -0.2) is 23.8 Å². The van der Waals surface area contributed by atoms with Gasteiger partial charge in [0.15, 0.2) is 5.82 Å². The van der Waals surface area contributed by atoms with Crippen LogP contribution in [0.2, 0.25) is 0 Å². The first-order valence-electron chi connectivity index (χ1n) is 5.80. The number of nitriles is 1. The molecule has 1 aromatic rings. The normalized spacial score (nSPS) is 18.5. The van der Waals surface area contributed by atoms with Crippen LogP contribution in [0.3, 0.4) is 0 Å². The second-order valence-electron chi connectivity index (χ2n) is 4.86. The predicted molar refractivity (Wildman–Crippen MR) is 70.9 cm³/mol. The van der Waals surface area contributed by atoms with Crippen molar-refractivity contribution in [2.75, 3.05) is 18.0 Å². The van der Waals surface area contributed by atoms with Gasteiger partial charge >= 0.3 is 0 Å². The van der Waals surface area contributed by atoms with Gasteiger partial charge in [0, 0.05) is 13.1 Å². The number of piperidine rings is 1. The van der Waals surface area contributed by atoms with Crippen LogP contribution in [-0.2, 0) is 0 Å². The number of halogens is 2. The van der Waals surface area contributed by atoms with Crippen LogP contribution in [0.15, 0.2) is 16.6 Å². The summed E-state index contributed by atoms with van der Waals surface area (Å²) in [6.45, 7) is 3.03. The van der Waals surface area contributed by atoms with E-state index >= 15 is 0 Å². The zero-order valence-electron chi connectivity index (χ0n) is 10.1. The monoisotopic (exact) mass is 312 g/mol. The third-order valence-corrected chi connectivity index (χ3v) is 4.14. The fourth-order valence-corrected chi connectivity index (χ4v) is 2.52. The first-order chi connectivity index (χ1) is 8.44. The van der Waals surface area contributed by atoms with E-state index in [1.54, 1.807) is 19.1 Å². The Morgan fingerprint density at radius 1 is 1.44 bits per heavy atom. The molecule has 0 unspecified atom stereocenters. The molecule has 1 fully saturated rings. The zero-order valence-corrected chi connectivity index (χ0v) is 11.7. The van der Waals surface area contributed by atoms with E-state index in [0.717, 1.165) is 0 Å². The molecule has 1 N–H and O–H groups in total. The first kappa shape index (κ1) is 13.3. The lowest BCUT2D eigenvalue weighted by atomic mass is 9.93. The van der Waals surface area contributed by atoms with E-state index in [9.17, 15) is 9.50 Å². The van der Waals surface area contributed by atoms with E-state index in [4.69, 9.17) is 5.26 Å². The van der Waals surface area contributed by atoms with E-state index in [2.05, 4.69) is 15.9 Å². The average Bonchev–Trinajstić information content (AvgIpc) is 2.33. The molecule has 2 rings (SSSR count). The van der Waals surface area contributed by atoms with Crippen molar-refractivity contribution in [3.05, 3.63) is 28.0 Å². The molecule has 1 heterocycles. The average molecular weight is 313 g/mol. The van der Waals surface area contributed by atoms with Gasteiger partial charge in [0.25, 0.3) is 0 Å². The number of anilines is 1. The lowest BCUT2D eigenvalue weighted by Crippen LogP contribution is -2.42. The summed E-state index contributed by atoms with van der Waals surface area (Å²) in [5, 5.41) is 18.7. The van der Waals surface area contributed by atoms with E-state index in [0.29, 0.717) is 37.2 Å². The molecule has 3 nitrogen and oxygen atoms in total. The van der Waals surface area contributed by atoms with Crippen molar-refractivity contribution in [2.24, 2.45) is 0 Å². The molecule has 0 atom stereocenters. The number of aliphatic hydroxyl groups is 1. The molecule has 0 bridgehead atoms. The summed E-state index contributed by atoms with van der Waals surface area (Å²) in [4.78, 5) is 1.90. The van der Waals surface area contributed by atoms with Crippen molar-refractivity contribution >= 4 is 21.6 Å². The summed E-state index contributed by atoms with van der Waals surface area (Å²) in [5.74, 6) is -0.407. The van der Waals surface area contributed by atoms with Gasteiger partial charge in [0.2, 0.25) is 0 Å². The van der Waals surface area contributed by atoms with Crippen molar-refractivity contribution in [2.45, 2.75) is 25.4 Å². The van der Waals surface area contributed by atoms with Gasteiger partial charge in [-0.3, -0.25) is 0 Å². The molecule has 0 radical (unpaired) electrons. The van der Waals surface area contributed by atoms with Crippen molar-refractivity contribution in [1.29, 1.82) is 5.26 Å². The molecule has 1 saturated heterocycles. The lowest BCUT2D eigenvalue weighted by molar-refractivity contribution is 0.0350. The Morgan fingerprint density at radius 2 is 2.06 bits per heavy atom. The summed E-state index contributed by atoms with van der Waals surface area (Å²) >= 11 is 3.11. The second-order valence-corrected chi connectivity index (χ2v) is 5.65. The van der Waals surface area contributed by atoms with Crippen LogP contribution in [0, 0.1) is 17.1 Å². The lowest BCUT2D eigenvalue weighted by Gasteiger charge is -2.37. The van der Waals surface area contributed by atoms with Crippen LogP contribution in [0.25, 0.3) is 0 Å². The minimum atomic E-state index is -0.656. The van der Waals surface area contributed by atoms with Crippen LogP contribution in [0.5, 0.6) is 0 Å². The fourth-order valence-electron chi connectivity index (χ4n) is 2.10. The summed E-state index contributed by atoms with van der Waals surface area (Å²) in [5.41, 5.74) is 0.119. The number of hydrogen-bond acceptors (Lipinski definition) is 3. The maximum atomic E-state index is 14.1.